The van der Waals surface area contributed by atoms with E-state index >= 15 is 0 Å². The van der Waals surface area contributed by atoms with Gasteiger partial charge in [-0.05, 0) is 23.6 Å². The first kappa shape index (κ1) is 17.5. The van der Waals surface area contributed by atoms with Crippen molar-refractivity contribution in [3.05, 3.63) is 47.6 Å². The largest absolute Gasteiger partial charge is 0.459 e. The quantitative estimate of drug-likeness (QED) is 0.668. The molecule has 0 N–H and O–H groups in total. The Morgan fingerprint density at radius 2 is 1.89 bits per heavy atom. The van der Waals surface area contributed by atoms with Crippen molar-refractivity contribution >= 4 is 23.2 Å². The SMILES string of the molecule is O=C(CCc1nnc(-c2cccs2)o1)N1CCN(C(=O)c2ccco2)CC1. The lowest BCUT2D eigenvalue weighted by Crippen LogP contribution is -2.50. The minimum absolute atomic E-state index is 0.0240. The Labute approximate surface area is 159 Å². The van der Waals surface area contributed by atoms with Crippen molar-refractivity contribution in [3.63, 3.8) is 0 Å². The molecule has 0 saturated carbocycles. The number of hydrogen-bond acceptors (Lipinski definition) is 7. The molecule has 27 heavy (non-hydrogen) atoms. The van der Waals surface area contributed by atoms with Crippen LogP contribution in [0.5, 0.6) is 0 Å². The fourth-order valence-corrected chi connectivity index (χ4v) is 3.59. The summed E-state index contributed by atoms with van der Waals surface area (Å²) in [6, 6.07) is 7.17. The van der Waals surface area contributed by atoms with E-state index in [9.17, 15) is 9.59 Å². The maximum absolute atomic E-state index is 12.4. The third-order valence-electron chi connectivity index (χ3n) is 4.40. The summed E-state index contributed by atoms with van der Waals surface area (Å²) in [7, 11) is 0. The lowest BCUT2D eigenvalue weighted by Gasteiger charge is -2.34. The maximum atomic E-state index is 12.4. The highest BCUT2D eigenvalue weighted by Crippen LogP contribution is 2.23. The number of carbonyl (C=O) groups is 2. The fourth-order valence-electron chi connectivity index (χ4n) is 2.94. The van der Waals surface area contributed by atoms with Gasteiger partial charge < -0.3 is 18.6 Å². The van der Waals surface area contributed by atoms with Crippen LogP contribution >= 0.6 is 11.3 Å². The van der Waals surface area contributed by atoms with Gasteiger partial charge in [0.2, 0.25) is 11.8 Å². The van der Waals surface area contributed by atoms with Gasteiger partial charge in [-0.25, -0.2) is 0 Å². The molecule has 0 aromatic carbocycles. The van der Waals surface area contributed by atoms with E-state index < -0.39 is 0 Å². The van der Waals surface area contributed by atoms with Crippen molar-refractivity contribution in [2.45, 2.75) is 12.8 Å². The van der Waals surface area contributed by atoms with Gasteiger partial charge >= 0.3 is 0 Å². The Kier molecular flexibility index (Phi) is 5.01. The summed E-state index contributed by atoms with van der Waals surface area (Å²) >= 11 is 1.53. The molecule has 3 aromatic rings. The van der Waals surface area contributed by atoms with Crippen molar-refractivity contribution in [2.75, 3.05) is 26.2 Å². The zero-order valence-corrected chi connectivity index (χ0v) is 15.4. The Bertz CT molecular complexity index is 896. The number of hydrogen-bond donors (Lipinski definition) is 0. The fraction of sp³-hybridized carbons (Fsp3) is 0.333. The first-order chi connectivity index (χ1) is 13.2. The van der Waals surface area contributed by atoms with Gasteiger partial charge in [-0.15, -0.1) is 21.5 Å². The van der Waals surface area contributed by atoms with E-state index in [0.717, 1.165) is 4.88 Å². The van der Waals surface area contributed by atoms with Gasteiger partial charge in [0.25, 0.3) is 11.8 Å². The van der Waals surface area contributed by atoms with Crippen LogP contribution in [-0.2, 0) is 11.2 Å². The molecule has 8 nitrogen and oxygen atoms in total. The van der Waals surface area contributed by atoms with Gasteiger partial charge in [0.05, 0.1) is 11.1 Å². The monoisotopic (exact) mass is 386 g/mol. The normalized spacial score (nSPS) is 14.5. The number of aryl methyl sites for hydroxylation is 1. The third kappa shape index (κ3) is 3.92. The highest BCUT2D eigenvalue weighted by atomic mass is 32.1. The predicted octanol–water partition coefficient (Wildman–Crippen LogP) is 2.31. The van der Waals surface area contributed by atoms with E-state index in [0.29, 0.717) is 56.6 Å². The van der Waals surface area contributed by atoms with Crippen LogP contribution in [-0.4, -0.2) is 58.0 Å². The average Bonchev–Trinajstić information content (AvgIpc) is 3.47. The predicted molar refractivity (Wildman–Crippen MR) is 97.1 cm³/mol. The van der Waals surface area contributed by atoms with Gasteiger partial charge in [-0.3, -0.25) is 9.59 Å². The molecule has 1 fully saturated rings. The highest BCUT2D eigenvalue weighted by Gasteiger charge is 2.26. The second kappa shape index (κ2) is 7.75. The molecule has 3 aromatic heterocycles. The van der Waals surface area contributed by atoms with Gasteiger partial charge in [-0.2, -0.15) is 0 Å². The molecule has 0 atom stereocenters. The molecule has 0 radical (unpaired) electrons. The Morgan fingerprint density at radius 3 is 2.59 bits per heavy atom. The van der Waals surface area contributed by atoms with Crippen LogP contribution in [0.4, 0.5) is 0 Å². The van der Waals surface area contributed by atoms with Crippen molar-refractivity contribution < 1.29 is 18.4 Å². The molecule has 1 saturated heterocycles. The summed E-state index contributed by atoms with van der Waals surface area (Å²) in [6.07, 6.45) is 2.19. The number of aromatic nitrogens is 2. The van der Waals surface area contributed by atoms with Crippen molar-refractivity contribution in [1.29, 1.82) is 0 Å². The molecular weight excluding hydrogens is 368 g/mol. The van der Waals surface area contributed by atoms with E-state index in [1.807, 2.05) is 17.5 Å². The van der Waals surface area contributed by atoms with Crippen molar-refractivity contribution in [3.8, 4) is 10.8 Å². The Balaban J connectivity index is 1.26. The second-order valence-electron chi connectivity index (χ2n) is 6.13. The number of furan rings is 1. The summed E-state index contributed by atoms with van der Waals surface area (Å²) in [5, 5.41) is 9.97. The lowest BCUT2D eigenvalue weighted by molar-refractivity contribution is -0.132. The number of carbonyl (C=O) groups excluding carboxylic acids is 2. The average molecular weight is 386 g/mol. The van der Waals surface area contributed by atoms with Gasteiger partial charge in [0, 0.05) is 39.0 Å². The van der Waals surface area contributed by atoms with E-state index in [2.05, 4.69) is 10.2 Å². The Morgan fingerprint density at radius 1 is 1.07 bits per heavy atom. The molecule has 0 spiro atoms. The molecule has 1 aliphatic heterocycles. The summed E-state index contributed by atoms with van der Waals surface area (Å²) in [4.78, 5) is 29.1. The topological polar surface area (TPSA) is 92.7 Å². The smallest absolute Gasteiger partial charge is 0.289 e. The summed E-state index contributed by atoms with van der Waals surface area (Å²) in [5.41, 5.74) is 0. The molecule has 0 bridgehead atoms. The minimum atomic E-state index is -0.140. The zero-order valence-electron chi connectivity index (χ0n) is 14.5. The van der Waals surface area contributed by atoms with Crippen LogP contribution < -0.4 is 0 Å². The number of nitrogens with zero attached hydrogens (tertiary/aromatic N) is 4. The van der Waals surface area contributed by atoms with Crippen molar-refractivity contribution in [2.24, 2.45) is 0 Å². The Hall–Kier alpha value is -2.94. The van der Waals surface area contributed by atoms with Crippen LogP contribution in [0.1, 0.15) is 22.9 Å². The molecule has 4 rings (SSSR count). The molecule has 4 heterocycles. The molecule has 140 valence electrons. The number of piperazine rings is 1. The molecule has 1 aliphatic rings. The maximum Gasteiger partial charge on any atom is 0.289 e. The van der Waals surface area contributed by atoms with Gasteiger partial charge in [0.15, 0.2) is 5.76 Å². The molecule has 0 unspecified atom stereocenters. The van der Waals surface area contributed by atoms with Crippen LogP contribution in [0.2, 0.25) is 0 Å². The van der Waals surface area contributed by atoms with E-state index in [-0.39, 0.29) is 11.8 Å². The van der Waals surface area contributed by atoms with Crippen molar-refractivity contribution in [1.82, 2.24) is 20.0 Å². The van der Waals surface area contributed by atoms with E-state index in [4.69, 9.17) is 8.83 Å². The summed E-state index contributed by atoms with van der Waals surface area (Å²) < 4.78 is 10.8. The van der Waals surface area contributed by atoms with E-state index in [1.165, 1.54) is 17.6 Å². The summed E-state index contributed by atoms with van der Waals surface area (Å²) in [5.74, 6) is 1.15. The molecular formula is C18H18N4O4S. The van der Waals surface area contributed by atoms with E-state index in [1.54, 1.807) is 21.9 Å². The molecule has 9 heteroatoms. The number of thiophene rings is 1. The standard InChI is InChI=1S/C18H18N4O4S/c23-16(6-5-15-19-20-17(26-15)14-4-2-12-27-14)21-7-9-22(10-8-21)18(24)13-3-1-11-25-13/h1-4,11-12H,5-10H2. The molecule has 2 amide bonds. The molecule has 0 aliphatic carbocycles. The minimum Gasteiger partial charge on any atom is -0.459 e. The number of amides is 2. The van der Waals surface area contributed by atoms with Crippen LogP contribution in [0.15, 0.2) is 44.7 Å². The second-order valence-corrected chi connectivity index (χ2v) is 7.08. The van der Waals surface area contributed by atoms with Crippen LogP contribution in [0, 0.1) is 0 Å². The lowest BCUT2D eigenvalue weighted by atomic mass is 10.2. The van der Waals surface area contributed by atoms with Gasteiger partial charge in [-0.1, -0.05) is 6.07 Å². The summed E-state index contributed by atoms with van der Waals surface area (Å²) in [6.45, 7) is 2.01. The van der Waals surface area contributed by atoms with Crippen LogP contribution in [0.25, 0.3) is 10.8 Å². The highest BCUT2D eigenvalue weighted by molar-refractivity contribution is 7.13. The van der Waals surface area contributed by atoms with Gasteiger partial charge in [0.1, 0.15) is 0 Å². The first-order valence-corrected chi connectivity index (χ1v) is 9.55. The first-order valence-electron chi connectivity index (χ1n) is 8.67. The zero-order chi connectivity index (χ0) is 18.6. The number of rotatable bonds is 5. The van der Waals surface area contributed by atoms with Crippen LogP contribution in [0.3, 0.4) is 0 Å². The third-order valence-corrected chi connectivity index (χ3v) is 5.26.